The fourth-order valence-electron chi connectivity index (χ4n) is 2.33. The minimum atomic E-state index is 0.245. The number of hydrogen-bond acceptors (Lipinski definition) is 2. The van der Waals surface area contributed by atoms with Crippen molar-refractivity contribution in [3.8, 4) is 5.75 Å². The van der Waals surface area contributed by atoms with E-state index in [1.54, 1.807) is 0 Å². The Labute approximate surface area is 104 Å². The van der Waals surface area contributed by atoms with E-state index in [0.29, 0.717) is 6.04 Å². The standard InChI is InChI=1S/C15H23NO/c1-11(2)17-14-7-5-13(6-8-14)15-9-4-12(3)10-16-15/h5-8,11-12,15-16H,4,9-10H2,1-3H3. The van der Waals surface area contributed by atoms with Gasteiger partial charge in [0.05, 0.1) is 6.10 Å². The molecule has 2 heteroatoms. The summed E-state index contributed by atoms with van der Waals surface area (Å²) in [6, 6.07) is 9.06. The molecule has 0 aliphatic carbocycles. The molecule has 0 spiro atoms. The third-order valence-electron chi connectivity index (χ3n) is 3.32. The second kappa shape index (κ2) is 5.54. The van der Waals surface area contributed by atoms with Gasteiger partial charge in [0.15, 0.2) is 0 Å². The topological polar surface area (TPSA) is 21.3 Å². The van der Waals surface area contributed by atoms with Crippen LogP contribution in [0, 0.1) is 5.92 Å². The van der Waals surface area contributed by atoms with Crippen LogP contribution >= 0.6 is 0 Å². The molecule has 1 aliphatic rings. The first-order valence-corrected chi connectivity index (χ1v) is 6.65. The van der Waals surface area contributed by atoms with E-state index in [-0.39, 0.29) is 6.10 Å². The minimum absolute atomic E-state index is 0.245. The molecule has 0 radical (unpaired) electrons. The largest absolute Gasteiger partial charge is 0.491 e. The summed E-state index contributed by atoms with van der Waals surface area (Å²) >= 11 is 0. The van der Waals surface area contributed by atoms with Crippen LogP contribution in [0.25, 0.3) is 0 Å². The normalized spacial score (nSPS) is 24.9. The molecule has 2 nitrogen and oxygen atoms in total. The number of piperidine rings is 1. The molecule has 1 N–H and O–H groups in total. The molecular weight excluding hydrogens is 210 g/mol. The average molecular weight is 233 g/mol. The van der Waals surface area contributed by atoms with Crippen molar-refractivity contribution in [1.29, 1.82) is 0 Å². The molecule has 0 amide bonds. The third-order valence-corrected chi connectivity index (χ3v) is 3.32. The van der Waals surface area contributed by atoms with Gasteiger partial charge in [-0.2, -0.15) is 0 Å². The summed E-state index contributed by atoms with van der Waals surface area (Å²) in [5.74, 6) is 1.78. The zero-order chi connectivity index (χ0) is 12.3. The number of benzene rings is 1. The Morgan fingerprint density at radius 1 is 1.18 bits per heavy atom. The molecule has 2 unspecified atom stereocenters. The van der Waals surface area contributed by atoms with Crippen LogP contribution in [0.2, 0.25) is 0 Å². The molecular formula is C15H23NO. The highest BCUT2D eigenvalue weighted by atomic mass is 16.5. The van der Waals surface area contributed by atoms with Crippen molar-refractivity contribution in [2.24, 2.45) is 5.92 Å². The Balaban J connectivity index is 1.97. The second-order valence-corrected chi connectivity index (χ2v) is 5.38. The monoisotopic (exact) mass is 233 g/mol. The van der Waals surface area contributed by atoms with Gasteiger partial charge in [-0.05, 0) is 56.8 Å². The van der Waals surface area contributed by atoms with Gasteiger partial charge < -0.3 is 10.1 Å². The molecule has 94 valence electrons. The van der Waals surface area contributed by atoms with Crippen molar-refractivity contribution >= 4 is 0 Å². The van der Waals surface area contributed by atoms with Gasteiger partial charge in [0.2, 0.25) is 0 Å². The van der Waals surface area contributed by atoms with E-state index in [2.05, 4.69) is 50.4 Å². The predicted molar refractivity (Wildman–Crippen MR) is 71.3 cm³/mol. The molecule has 1 aromatic carbocycles. The Bertz CT molecular complexity index is 336. The summed E-state index contributed by atoms with van der Waals surface area (Å²) in [4.78, 5) is 0. The van der Waals surface area contributed by atoms with Gasteiger partial charge in [-0.25, -0.2) is 0 Å². The number of ether oxygens (including phenoxy) is 1. The van der Waals surface area contributed by atoms with Gasteiger partial charge in [0.25, 0.3) is 0 Å². The van der Waals surface area contributed by atoms with Gasteiger partial charge in [-0.15, -0.1) is 0 Å². The molecule has 0 aromatic heterocycles. The quantitative estimate of drug-likeness (QED) is 0.862. The summed E-state index contributed by atoms with van der Waals surface area (Å²) in [6.45, 7) is 7.55. The maximum atomic E-state index is 5.65. The van der Waals surface area contributed by atoms with E-state index in [0.717, 1.165) is 18.2 Å². The van der Waals surface area contributed by atoms with E-state index >= 15 is 0 Å². The van der Waals surface area contributed by atoms with Gasteiger partial charge >= 0.3 is 0 Å². The van der Waals surface area contributed by atoms with Crippen molar-refractivity contribution in [3.05, 3.63) is 29.8 Å². The van der Waals surface area contributed by atoms with Gasteiger partial charge in [0.1, 0.15) is 5.75 Å². The lowest BCUT2D eigenvalue weighted by Crippen LogP contribution is -2.31. The molecule has 17 heavy (non-hydrogen) atoms. The van der Waals surface area contributed by atoms with E-state index in [4.69, 9.17) is 4.74 Å². The molecule has 1 heterocycles. The maximum Gasteiger partial charge on any atom is 0.119 e. The first kappa shape index (κ1) is 12.4. The van der Waals surface area contributed by atoms with Crippen molar-refractivity contribution < 1.29 is 4.74 Å². The number of hydrogen-bond donors (Lipinski definition) is 1. The zero-order valence-electron chi connectivity index (χ0n) is 11.1. The van der Waals surface area contributed by atoms with Crippen molar-refractivity contribution in [2.45, 2.75) is 45.8 Å². The maximum absolute atomic E-state index is 5.65. The van der Waals surface area contributed by atoms with E-state index < -0.39 is 0 Å². The summed E-state index contributed by atoms with van der Waals surface area (Å²) in [6.07, 6.45) is 2.81. The Hall–Kier alpha value is -1.02. The summed E-state index contributed by atoms with van der Waals surface area (Å²) in [7, 11) is 0. The summed E-state index contributed by atoms with van der Waals surface area (Å²) in [5.41, 5.74) is 1.38. The van der Waals surface area contributed by atoms with E-state index in [1.807, 2.05) is 0 Å². The number of nitrogens with one attached hydrogen (secondary N) is 1. The first-order valence-electron chi connectivity index (χ1n) is 6.65. The fourth-order valence-corrected chi connectivity index (χ4v) is 2.33. The van der Waals surface area contributed by atoms with Gasteiger partial charge in [0, 0.05) is 6.04 Å². The van der Waals surface area contributed by atoms with Crippen LogP contribution in [0.15, 0.2) is 24.3 Å². The third kappa shape index (κ3) is 3.47. The van der Waals surface area contributed by atoms with E-state index in [1.165, 1.54) is 18.4 Å². The van der Waals surface area contributed by atoms with Crippen LogP contribution < -0.4 is 10.1 Å². The molecule has 2 atom stereocenters. The fraction of sp³-hybridized carbons (Fsp3) is 0.600. The highest BCUT2D eigenvalue weighted by molar-refractivity contribution is 5.29. The first-order chi connectivity index (χ1) is 8.15. The number of rotatable bonds is 3. The van der Waals surface area contributed by atoms with Crippen LogP contribution in [0.4, 0.5) is 0 Å². The molecule has 0 bridgehead atoms. The zero-order valence-corrected chi connectivity index (χ0v) is 11.1. The summed E-state index contributed by atoms with van der Waals surface area (Å²) < 4.78 is 5.65. The van der Waals surface area contributed by atoms with Crippen LogP contribution in [0.5, 0.6) is 5.75 Å². The lowest BCUT2D eigenvalue weighted by Gasteiger charge is -2.28. The average Bonchev–Trinajstić information content (AvgIpc) is 2.30. The van der Waals surface area contributed by atoms with Crippen LogP contribution in [0.1, 0.15) is 45.2 Å². The minimum Gasteiger partial charge on any atom is -0.491 e. The SMILES string of the molecule is CC1CCC(c2ccc(OC(C)C)cc2)NC1. The second-order valence-electron chi connectivity index (χ2n) is 5.38. The lowest BCUT2D eigenvalue weighted by atomic mass is 9.92. The van der Waals surface area contributed by atoms with Crippen LogP contribution in [0.3, 0.4) is 0 Å². The van der Waals surface area contributed by atoms with Crippen LogP contribution in [-0.2, 0) is 0 Å². The Morgan fingerprint density at radius 3 is 2.41 bits per heavy atom. The predicted octanol–water partition coefficient (Wildman–Crippen LogP) is 3.53. The molecule has 1 aliphatic heterocycles. The lowest BCUT2D eigenvalue weighted by molar-refractivity contribution is 0.242. The van der Waals surface area contributed by atoms with Gasteiger partial charge in [-0.1, -0.05) is 19.1 Å². The molecule has 1 fully saturated rings. The van der Waals surface area contributed by atoms with Crippen molar-refractivity contribution in [1.82, 2.24) is 5.32 Å². The highest BCUT2D eigenvalue weighted by Gasteiger charge is 2.18. The van der Waals surface area contributed by atoms with Crippen LogP contribution in [-0.4, -0.2) is 12.6 Å². The Morgan fingerprint density at radius 2 is 1.88 bits per heavy atom. The highest BCUT2D eigenvalue weighted by Crippen LogP contribution is 2.26. The molecule has 2 rings (SSSR count). The van der Waals surface area contributed by atoms with Crippen molar-refractivity contribution in [2.75, 3.05) is 6.54 Å². The molecule has 1 aromatic rings. The molecule has 1 saturated heterocycles. The Kier molecular flexibility index (Phi) is 4.06. The summed E-state index contributed by atoms with van der Waals surface area (Å²) in [5, 5.41) is 3.60. The van der Waals surface area contributed by atoms with Gasteiger partial charge in [-0.3, -0.25) is 0 Å². The van der Waals surface area contributed by atoms with Crippen molar-refractivity contribution in [3.63, 3.8) is 0 Å². The molecule has 0 saturated carbocycles. The smallest absolute Gasteiger partial charge is 0.119 e. The van der Waals surface area contributed by atoms with E-state index in [9.17, 15) is 0 Å².